The monoisotopic (exact) mass is 517 g/mol. The third-order valence-corrected chi connectivity index (χ3v) is 7.64. The molecule has 0 fully saturated rings. The number of rotatable bonds is 7. The van der Waals surface area contributed by atoms with Crippen LogP contribution in [-0.4, -0.2) is 22.5 Å². The topological polar surface area (TPSA) is 47.4 Å². The molecule has 198 valence electrons. The van der Waals surface area contributed by atoms with Gasteiger partial charge in [-0.3, -0.25) is 4.79 Å². The molecule has 2 aromatic heterocycles. The minimum absolute atomic E-state index is 0.0409. The summed E-state index contributed by atoms with van der Waals surface area (Å²) >= 11 is 0. The lowest BCUT2D eigenvalue weighted by molar-refractivity contribution is -0.117. The summed E-state index contributed by atoms with van der Waals surface area (Å²) in [7, 11) is 3.87. The Morgan fingerprint density at radius 2 is 1.67 bits per heavy atom. The molecule has 0 N–H and O–H groups in total. The maximum atomic E-state index is 13.4. The first kappa shape index (κ1) is 26.2. The zero-order valence-corrected chi connectivity index (χ0v) is 23.6. The largest absolute Gasteiger partial charge is 0.487 e. The molecule has 0 atom stereocenters. The minimum Gasteiger partial charge on any atom is -0.487 e. The SMILES string of the molecule is Cc1ccc(-c2ccc(CC(=O)N(C)c3ccc(C)c(COc4cccc5ccc(C)nc45)c3C)n2C)cc1. The Morgan fingerprint density at radius 1 is 0.897 bits per heavy atom. The van der Waals surface area contributed by atoms with Gasteiger partial charge in [0.25, 0.3) is 0 Å². The van der Waals surface area contributed by atoms with E-state index in [1.54, 1.807) is 4.90 Å². The number of aryl methyl sites for hydroxylation is 3. The third-order valence-electron chi connectivity index (χ3n) is 7.64. The first-order valence-electron chi connectivity index (χ1n) is 13.3. The van der Waals surface area contributed by atoms with E-state index < -0.39 is 0 Å². The lowest BCUT2D eigenvalue weighted by Crippen LogP contribution is -2.29. The number of fused-ring (bicyclic) bond motifs is 1. The molecule has 5 aromatic rings. The number of amides is 1. The van der Waals surface area contributed by atoms with Gasteiger partial charge in [0.05, 0.1) is 6.42 Å². The summed E-state index contributed by atoms with van der Waals surface area (Å²) in [4.78, 5) is 19.9. The molecule has 0 aliphatic heterocycles. The van der Waals surface area contributed by atoms with Gasteiger partial charge in [-0.25, -0.2) is 4.98 Å². The zero-order chi connectivity index (χ0) is 27.7. The molecule has 0 radical (unpaired) electrons. The van der Waals surface area contributed by atoms with E-state index in [-0.39, 0.29) is 5.91 Å². The lowest BCUT2D eigenvalue weighted by Gasteiger charge is -2.23. The van der Waals surface area contributed by atoms with Gasteiger partial charge in [-0.1, -0.05) is 54.1 Å². The Kier molecular flexibility index (Phi) is 7.25. The van der Waals surface area contributed by atoms with Crippen molar-refractivity contribution in [2.75, 3.05) is 11.9 Å². The number of carbonyl (C=O) groups excluding carboxylic acids is 1. The van der Waals surface area contributed by atoms with Crippen molar-refractivity contribution in [2.24, 2.45) is 7.05 Å². The standard InChI is InChI=1S/C34H35N3O2/c1-22-10-14-26(15-11-22)31-19-17-28(36(31)5)20-33(38)37(6)30-18-12-23(2)29(25(30)4)21-39-32-9-7-8-27-16-13-24(3)35-34(27)32/h7-19H,20-21H2,1-6H3. The highest BCUT2D eigenvalue weighted by Gasteiger charge is 2.19. The predicted molar refractivity (Wildman–Crippen MR) is 159 cm³/mol. The van der Waals surface area contributed by atoms with Crippen molar-refractivity contribution in [2.45, 2.75) is 40.7 Å². The van der Waals surface area contributed by atoms with Gasteiger partial charge in [0.2, 0.25) is 5.91 Å². The molecule has 3 aromatic carbocycles. The number of ether oxygens (including phenoxy) is 1. The first-order chi connectivity index (χ1) is 18.7. The summed E-state index contributed by atoms with van der Waals surface area (Å²) in [5.74, 6) is 0.803. The second-order valence-electron chi connectivity index (χ2n) is 10.3. The van der Waals surface area contributed by atoms with Gasteiger partial charge in [0.15, 0.2) is 0 Å². The van der Waals surface area contributed by atoms with E-state index in [9.17, 15) is 4.79 Å². The van der Waals surface area contributed by atoms with Crippen molar-refractivity contribution in [3.63, 3.8) is 0 Å². The summed E-state index contributed by atoms with van der Waals surface area (Å²) in [6.45, 7) is 8.62. The Hall–Kier alpha value is -4.38. The van der Waals surface area contributed by atoms with E-state index >= 15 is 0 Å². The predicted octanol–water partition coefficient (Wildman–Crippen LogP) is 7.26. The van der Waals surface area contributed by atoms with Gasteiger partial charge in [-0.15, -0.1) is 0 Å². The number of hydrogen-bond acceptors (Lipinski definition) is 3. The number of likely N-dealkylation sites (N-methyl/N-ethyl adjacent to an activating group) is 1. The second kappa shape index (κ2) is 10.8. The highest BCUT2D eigenvalue weighted by atomic mass is 16.5. The van der Waals surface area contributed by atoms with E-state index in [1.807, 2.05) is 57.4 Å². The van der Waals surface area contributed by atoms with E-state index in [2.05, 4.69) is 67.8 Å². The Balaban J connectivity index is 1.35. The van der Waals surface area contributed by atoms with Crippen molar-refractivity contribution in [3.05, 3.63) is 113 Å². The van der Waals surface area contributed by atoms with E-state index in [4.69, 9.17) is 9.72 Å². The first-order valence-corrected chi connectivity index (χ1v) is 13.3. The van der Waals surface area contributed by atoms with Crippen molar-refractivity contribution in [1.82, 2.24) is 9.55 Å². The van der Waals surface area contributed by atoms with Crippen molar-refractivity contribution in [3.8, 4) is 17.0 Å². The molecule has 0 aliphatic carbocycles. The maximum Gasteiger partial charge on any atom is 0.232 e. The molecular weight excluding hydrogens is 482 g/mol. The van der Waals surface area contributed by atoms with Crippen LogP contribution in [0.3, 0.4) is 0 Å². The minimum atomic E-state index is 0.0409. The highest BCUT2D eigenvalue weighted by molar-refractivity contribution is 5.95. The van der Waals surface area contributed by atoms with E-state index in [0.29, 0.717) is 13.0 Å². The number of nitrogens with zero attached hydrogens (tertiary/aromatic N) is 3. The molecule has 5 nitrogen and oxygen atoms in total. The molecule has 5 rings (SSSR count). The van der Waals surface area contributed by atoms with Crippen molar-refractivity contribution < 1.29 is 9.53 Å². The summed E-state index contributed by atoms with van der Waals surface area (Å²) in [6, 6.07) is 26.8. The van der Waals surface area contributed by atoms with Crippen LogP contribution >= 0.6 is 0 Å². The van der Waals surface area contributed by atoms with Crippen LogP contribution in [0.25, 0.3) is 22.2 Å². The molecule has 0 saturated heterocycles. The van der Waals surface area contributed by atoms with Crippen LogP contribution in [0, 0.1) is 27.7 Å². The fourth-order valence-corrected chi connectivity index (χ4v) is 5.10. The summed E-state index contributed by atoms with van der Waals surface area (Å²) in [5, 5.41) is 1.05. The molecule has 0 unspecified atom stereocenters. The molecule has 0 bridgehead atoms. The third kappa shape index (κ3) is 5.30. The Morgan fingerprint density at radius 3 is 2.44 bits per heavy atom. The fraction of sp³-hybridized carbons (Fsp3) is 0.235. The number of para-hydroxylation sites is 1. The van der Waals surface area contributed by atoms with Crippen LogP contribution < -0.4 is 9.64 Å². The maximum absolute atomic E-state index is 13.4. The number of benzene rings is 3. The fourth-order valence-electron chi connectivity index (χ4n) is 5.10. The van der Waals surface area contributed by atoms with Crippen LogP contribution in [0.4, 0.5) is 5.69 Å². The highest BCUT2D eigenvalue weighted by Crippen LogP contribution is 2.30. The van der Waals surface area contributed by atoms with Crippen molar-refractivity contribution in [1.29, 1.82) is 0 Å². The van der Waals surface area contributed by atoms with E-state index in [0.717, 1.165) is 61.7 Å². The van der Waals surface area contributed by atoms with Gasteiger partial charge in [-0.2, -0.15) is 0 Å². The van der Waals surface area contributed by atoms with Gasteiger partial charge >= 0.3 is 0 Å². The Labute approximate surface area is 230 Å². The van der Waals surface area contributed by atoms with Crippen LogP contribution in [0.15, 0.2) is 78.9 Å². The summed E-state index contributed by atoms with van der Waals surface area (Å²) < 4.78 is 8.42. The molecule has 0 spiro atoms. The summed E-state index contributed by atoms with van der Waals surface area (Å²) in [6.07, 6.45) is 0.318. The van der Waals surface area contributed by atoms with Crippen LogP contribution in [-0.2, 0) is 24.9 Å². The normalized spacial score (nSPS) is 11.1. The number of carbonyl (C=O) groups is 1. The van der Waals surface area contributed by atoms with Gasteiger partial charge in [-0.05, 0) is 80.3 Å². The summed E-state index contributed by atoms with van der Waals surface area (Å²) in [5.41, 5.74) is 10.4. The molecule has 0 aliphatic rings. The molecule has 2 heterocycles. The second-order valence-corrected chi connectivity index (χ2v) is 10.3. The van der Waals surface area contributed by atoms with Gasteiger partial charge in [0, 0.05) is 42.3 Å². The Bertz CT molecular complexity index is 1660. The van der Waals surface area contributed by atoms with Gasteiger partial charge in [0.1, 0.15) is 17.9 Å². The molecule has 5 heteroatoms. The number of pyridine rings is 1. The average molecular weight is 518 g/mol. The number of aromatic nitrogens is 2. The molecule has 0 saturated carbocycles. The lowest BCUT2D eigenvalue weighted by atomic mass is 10.0. The van der Waals surface area contributed by atoms with Crippen molar-refractivity contribution >= 4 is 22.5 Å². The van der Waals surface area contributed by atoms with Gasteiger partial charge < -0.3 is 14.2 Å². The van der Waals surface area contributed by atoms with Crippen LogP contribution in [0.2, 0.25) is 0 Å². The zero-order valence-electron chi connectivity index (χ0n) is 23.6. The molecule has 39 heavy (non-hydrogen) atoms. The van der Waals surface area contributed by atoms with Crippen LogP contribution in [0.5, 0.6) is 5.75 Å². The molecular formula is C34H35N3O2. The molecule has 1 amide bonds. The number of anilines is 1. The smallest absolute Gasteiger partial charge is 0.232 e. The van der Waals surface area contributed by atoms with Crippen LogP contribution in [0.1, 0.15) is 33.6 Å². The average Bonchev–Trinajstić information content (AvgIpc) is 3.28. The van der Waals surface area contributed by atoms with E-state index in [1.165, 1.54) is 5.56 Å². The number of hydrogen-bond donors (Lipinski definition) is 0. The quantitative estimate of drug-likeness (QED) is 0.228.